The summed E-state index contributed by atoms with van der Waals surface area (Å²) < 4.78 is 11.1. The number of hydrogen-bond donors (Lipinski definition) is 1. The Balaban J connectivity index is 2.30. The van der Waals surface area contributed by atoms with E-state index in [9.17, 15) is 0 Å². The summed E-state index contributed by atoms with van der Waals surface area (Å²) in [5.41, 5.74) is 0.689. The molecule has 24 heavy (non-hydrogen) atoms. The van der Waals surface area contributed by atoms with E-state index in [1.165, 1.54) is 24.5 Å². The van der Waals surface area contributed by atoms with Crippen LogP contribution >= 0.6 is 46.1 Å². The molecule has 0 bridgehead atoms. The van der Waals surface area contributed by atoms with Crippen molar-refractivity contribution in [1.29, 1.82) is 0 Å². The normalized spacial score (nSPS) is 10.5. The van der Waals surface area contributed by atoms with Crippen molar-refractivity contribution in [3.8, 4) is 22.1 Å². The lowest BCUT2D eigenvalue weighted by atomic mass is 10.2. The molecule has 0 amide bonds. The van der Waals surface area contributed by atoms with Gasteiger partial charge in [0.05, 0.1) is 17.7 Å². The SMILES string of the molecule is COc1c(Cl)cc(OCC=C(Cl)Cl)cc1-c1nnc(CCCO)s1. The summed E-state index contributed by atoms with van der Waals surface area (Å²) >= 11 is 18.8. The molecule has 9 heteroatoms. The smallest absolute Gasteiger partial charge is 0.151 e. The highest BCUT2D eigenvalue weighted by Gasteiger charge is 2.17. The van der Waals surface area contributed by atoms with Crippen LogP contribution in [0.25, 0.3) is 10.6 Å². The van der Waals surface area contributed by atoms with Crippen molar-refractivity contribution >= 4 is 46.1 Å². The summed E-state index contributed by atoms with van der Waals surface area (Å²) in [5, 5.41) is 19.1. The molecular weight excluding hydrogens is 395 g/mol. The summed E-state index contributed by atoms with van der Waals surface area (Å²) in [7, 11) is 1.54. The molecule has 1 aromatic carbocycles. The van der Waals surface area contributed by atoms with Crippen LogP contribution in [0.5, 0.6) is 11.5 Å². The number of benzene rings is 1. The van der Waals surface area contributed by atoms with Crippen LogP contribution < -0.4 is 9.47 Å². The molecule has 0 saturated heterocycles. The van der Waals surface area contributed by atoms with Gasteiger partial charge in [-0.15, -0.1) is 10.2 Å². The van der Waals surface area contributed by atoms with Crippen molar-refractivity contribution in [3.63, 3.8) is 0 Å². The minimum Gasteiger partial charge on any atom is -0.494 e. The Morgan fingerprint density at radius 2 is 2.12 bits per heavy atom. The van der Waals surface area contributed by atoms with Crippen LogP contribution in [0.15, 0.2) is 22.7 Å². The van der Waals surface area contributed by atoms with Gasteiger partial charge >= 0.3 is 0 Å². The van der Waals surface area contributed by atoms with E-state index in [2.05, 4.69) is 10.2 Å². The van der Waals surface area contributed by atoms with Crippen LogP contribution in [0, 0.1) is 0 Å². The van der Waals surface area contributed by atoms with E-state index in [0.29, 0.717) is 39.9 Å². The Morgan fingerprint density at radius 3 is 2.79 bits per heavy atom. The van der Waals surface area contributed by atoms with Gasteiger partial charge in [-0.2, -0.15) is 0 Å². The molecule has 1 N–H and O–H groups in total. The lowest BCUT2D eigenvalue weighted by Crippen LogP contribution is -1.96. The number of aliphatic hydroxyl groups excluding tert-OH is 1. The van der Waals surface area contributed by atoms with E-state index >= 15 is 0 Å². The first-order valence-electron chi connectivity index (χ1n) is 7.00. The molecule has 0 fully saturated rings. The van der Waals surface area contributed by atoms with E-state index in [1.54, 1.807) is 12.1 Å². The minimum absolute atomic E-state index is 0.115. The number of hydrogen-bond acceptors (Lipinski definition) is 6. The highest BCUT2D eigenvalue weighted by molar-refractivity contribution is 7.14. The number of aliphatic hydroxyl groups is 1. The van der Waals surface area contributed by atoms with E-state index < -0.39 is 0 Å². The van der Waals surface area contributed by atoms with Gasteiger partial charge in [-0.25, -0.2) is 0 Å². The fourth-order valence-electron chi connectivity index (χ4n) is 1.91. The molecule has 5 nitrogen and oxygen atoms in total. The third-order valence-electron chi connectivity index (χ3n) is 2.95. The predicted octanol–water partition coefficient (Wildman–Crippen LogP) is 4.49. The van der Waals surface area contributed by atoms with Gasteiger partial charge < -0.3 is 14.6 Å². The largest absolute Gasteiger partial charge is 0.494 e. The molecule has 0 aliphatic carbocycles. The molecule has 0 radical (unpaired) electrons. The molecule has 1 aromatic heterocycles. The maximum Gasteiger partial charge on any atom is 0.151 e. The summed E-state index contributed by atoms with van der Waals surface area (Å²) in [4.78, 5) is 0. The van der Waals surface area contributed by atoms with Gasteiger partial charge in [0, 0.05) is 19.1 Å². The maximum absolute atomic E-state index is 8.91. The molecule has 0 atom stereocenters. The quantitative estimate of drug-likeness (QED) is 0.696. The maximum atomic E-state index is 8.91. The number of aryl methyl sites for hydroxylation is 1. The van der Waals surface area contributed by atoms with Crippen LogP contribution in [0.3, 0.4) is 0 Å². The third-order valence-corrected chi connectivity index (χ3v) is 4.56. The van der Waals surface area contributed by atoms with Crippen molar-refractivity contribution in [1.82, 2.24) is 10.2 Å². The predicted molar refractivity (Wildman–Crippen MR) is 97.6 cm³/mol. The Hall–Kier alpha value is -1.05. The second-order valence-electron chi connectivity index (χ2n) is 4.62. The van der Waals surface area contributed by atoms with Crippen LogP contribution in [0.1, 0.15) is 11.4 Å². The Bertz CT molecular complexity index is 718. The standard InChI is InChI=1S/C15H15Cl3N2O3S/c1-22-14-10(15-20-19-13(24-15)3-2-5-21)7-9(8-11(14)16)23-6-4-12(17)18/h4,7-8,21H,2-3,5-6H2,1H3. The van der Waals surface area contributed by atoms with Gasteiger partial charge in [-0.3, -0.25) is 0 Å². The molecule has 2 rings (SSSR count). The van der Waals surface area contributed by atoms with E-state index in [-0.39, 0.29) is 17.7 Å². The first kappa shape index (κ1) is 19.3. The van der Waals surface area contributed by atoms with Crippen molar-refractivity contribution < 1.29 is 14.6 Å². The zero-order valence-corrected chi connectivity index (χ0v) is 15.8. The van der Waals surface area contributed by atoms with Crippen LogP contribution in [0.2, 0.25) is 5.02 Å². The van der Waals surface area contributed by atoms with Crippen molar-refractivity contribution in [3.05, 3.63) is 32.7 Å². The van der Waals surface area contributed by atoms with Gasteiger partial charge in [0.15, 0.2) is 5.01 Å². The number of methoxy groups -OCH3 is 1. The molecule has 2 aromatic rings. The summed E-state index contributed by atoms with van der Waals surface area (Å²) in [6.07, 6.45) is 2.83. The first-order valence-corrected chi connectivity index (χ1v) is 8.95. The second kappa shape index (κ2) is 9.44. The van der Waals surface area contributed by atoms with E-state index in [1.807, 2.05) is 0 Å². The van der Waals surface area contributed by atoms with Crippen molar-refractivity contribution in [2.75, 3.05) is 20.3 Å². The van der Waals surface area contributed by atoms with Crippen molar-refractivity contribution in [2.24, 2.45) is 0 Å². The van der Waals surface area contributed by atoms with Gasteiger partial charge in [0.1, 0.15) is 27.6 Å². The Kier molecular flexibility index (Phi) is 7.58. The van der Waals surface area contributed by atoms with Gasteiger partial charge in [-0.1, -0.05) is 46.1 Å². The molecule has 0 aliphatic heterocycles. The number of nitrogens with zero attached hydrogens (tertiary/aromatic N) is 2. The molecule has 0 spiro atoms. The van der Waals surface area contributed by atoms with E-state index in [4.69, 9.17) is 49.4 Å². The van der Waals surface area contributed by atoms with E-state index in [0.717, 1.165) is 5.01 Å². The number of rotatable bonds is 8. The van der Waals surface area contributed by atoms with Gasteiger partial charge in [-0.05, 0) is 18.6 Å². The zero-order valence-electron chi connectivity index (χ0n) is 12.8. The molecule has 0 unspecified atom stereocenters. The molecule has 130 valence electrons. The highest BCUT2D eigenvalue weighted by atomic mass is 35.5. The number of halogens is 3. The topological polar surface area (TPSA) is 64.5 Å². The summed E-state index contributed by atoms with van der Waals surface area (Å²) in [5.74, 6) is 1.04. The van der Waals surface area contributed by atoms with Crippen LogP contribution in [-0.4, -0.2) is 35.6 Å². The molecule has 0 saturated carbocycles. The number of aromatic nitrogens is 2. The van der Waals surface area contributed by atoms with Crippen LogP contribution in [-0.2, 0) is 6.42 Å². The monoisotopic (exact) mass is 408 g/mol. The average molecular weight is 410 g/mol. The van der Waals surface area contributed by atoms with Gasteiger partial charge in [0.25, 0.3) is 0 Å². The fourth-order valence-corrected chi connectivity index (χ4v) is 3.22. The molecule has 0 aliphatic rings. The zero-order chi connectivity index (χ0) is 17.5. The third kappa shape index (κ3) is 5.22. The highest BCUT2D eigenvalue weighted by Crippen LogP contribution is 2.40. The lowest BCUT2D eigenvalue weighted by molar-refractivity contribution is 0.288. The second-order valence-corrected chi connectivity index (χ2v) is 7.10. The minimum atomic E-state index is 0.115. The van der Waals surface area contributed by atoms with Crippen LogP contribution in [0.4, 0.5) is 0 Å². The summed E-state index contributed by atoms with van der Waals surface area (Å²) in [6.45, 7) is 0.326. The molecular formula is C15H15Cl3N2O3S. The Morgan fingerprint density at radius 1 is 1.33 bits per heavy atom. The van der Waals surface area contributed by atoms with Gasteiger partial charge in [0.2, 0.25) is 0 Å². The fraction of sp³-hybridized carbons (Fsp3) is 0.333. The Labute approximate surface area is 158 Å². The summed E-state index contributed by atoms with van der Waals surface area (Å²) in [6, 6.07) is 3.42. The average Bonchev–Trinajstić information content (AvgIpc) is 3.00. The molecule has 1 heterocycles. The lowest BCUT2D eigenvalue weighted by Gasteiger charge is -2.11. The van der Waals surface area contributed by atoms with Crippen molar-refractivity contribution in [2.45, 2.75) is 12.8 Å². The number of ether oxygens (including phenoxy) is 2. The first-order chi connectivity index (χ1) is 11.5.